The molecule has 13 heavy (non-hydrogen) atoms. The van der Waals surface area contributed by atoms with Crippen molar-refractivity contribution < 1.29 is 13.2 Å². The molecule has 0 saturated carbocycles. The highest BCUT2D eigenvalue weighted by atomic mass is 19.3. The van der Waals surface area contributed by atoms with Crippen molar-refractivity contribution in [2.45, 2.75) is 19.4 Å². The Kier molecular flexibility index (Phi) is 3.11. The third-order valence-electron chi connectivity index (χ3n) is 1.47. The first-order valence-electron chi connectivity index (χ1n) is 3.77. The average Bonchev–Trinajstić information content (AvgIpc) is 2.04. The normalized spacial score (nSPS) is 13.0. The quantitative estimate of drug-likeness (QED) is 0.739. The van der Waals surface area contributed by atoms with Gasteiger partial charge in [0.1, 0.15) is 5.82 Å². The van der Waals surface area contributed by atoms with Crippen molar-refractivity contribution >= 4 is 5.82 Å². The summed E-state index contributed by atoms with van der Waals surface area (Å²) in [4.78, 5) is 3.38. The van der Waals surface area contributed by atoms with Crippen LogP contribution >= 0.6 is 0 Å². The van der Waals surface area contributed by atoms with Gasteiger partial charge in [-0.05, 0) is 19.1 Å². The van der Waals surface area contributed by atoms with Crippen LogP contribution in [0.2, 0.25) is 0 Å². The van der Waals surface area contributed by atoms with E-state index in [1.165, 1.54) is 19.1 Å². The largest absolute Gasteiger partial charge is 0.362 e. The van der Waals surface area contributed by atoms with Gasteiger partial charge in [-0.3, -0.25) is 0 Å². The van der Waals surface area contributed by atoms with E-state index in [9.17, 15) is 13.2 Å². The summed E-state index contributed by atoms with van der Waals surface area (Å²) in [5.41, 5.74) is 0. The molecule has 0 aromatic carbocycles. The predicted octanol–water partition coefficient (Wildman–Crippen LogP) is 2.29. The summed E-state index contributed by atoms with van der Waals surface area (Å²) in [5, 5.41) is 2.38. The van der Waals surface area contributed by atoms with E-state index in [0.717, 1.165) is 6.07 Å². The van der Waals surface area contributed by atoms with Crippen molar-refractivity contribution in [3.05, 3.63) is 24.1 Å². The van der Waals surface area contributed by atoms with E-state index in [-0.39, 0.29) is 5.82 Å². The first-order chi connectivity index (χ1) is 6.09. The van der Waals surface area contributed by atoms with Gasteiger partial charge in [-0.15, -0.1) is 0 Å². The number of alkyl halides is 2. The molecule has 0 aliphatic heterocycles. The Morgan fingerprint density at radius 3 is 2.62 bits per heavy atom. The molecule has 1 atom stereocenters. The smallest absolute Gasteiger partial charge is 0.258 e. The van der Waals surface area contributed by atoms with Crippen LogP contribution in [0, 0.1) is 5.95 Å². The first kappa shape index (κ1) is 9.83. The van der Waals surface area contributed by atoms with Gasteiger partial charge in [0.15, 0.2) is 0 Å². The van der Waals surface area contributed by atoms with Gasteiger partial charge in [0.25, 0.3) is 6.43 Å². The van der Waals surface area contributed by atoms with Crippen LogP contribution in [0.1, 0.15) is 6.92 Å². The van der Waals surface area contributed by atoms with Crippen LogP contribution in [-0.2, 0) is 0 Å². The molecule has 1 heterocycles. The third kappa shape index (κ3) is 2.93. The highest BCUT2D eigenvalue weighted by Crippen LogP contribution is 2.09. The van der Waals surface area contributed by atoms with Crippen molar-refractivity contribution in [3.8, 4) is 0 Å². The minimum absolute atomic E-state index is 0.118. The van der Waals surface area contributed by atoms with Crippen molar-refractivity contribution in [3.63, 3.8) is 0 Å². The summed E-state index contributed by atoms with van der Waals surface area (Å²) < 4.78 is 36.5. The van der Waals surface area contributed by atoms with Crippen LogP contribution in [0.5, 0.6) is 0 Å². The third-order valence-corrected chi connectivity index (χ3v) is 1.47. The number of hydrogen-bond acceptors (Lipinski definition) is 2. The van der Waals surface area contributed by atoms with Crippen molar-refractivity contribution in [2.24, 2.45) is 0 Å². The van der Waals surface area contributed by atoms with Gasteiger partial charge >= 0.3 is 0 Å². The monoisotopic (exact) mass is 190 g/mol. The summed E-state index contributed by atoms with van der Waals surface area (Å²) in [7, 11) is 0. The zero-order valence-corrected chi connectivity index (χ0v) is 6.97. The van der Waals surface area contributed by atoms with Gasteiger partial charge in [0, 0.05) is 0 Å². The fourth-order valence-corrected chi connectivity index (χ4v) is 0.785. The van der Waals surface area contributed by atoms with Crippen LogP contribution in [0.25, 0.3) is 0 Å². The van der Waals surface area contributed by atoms with Crippen molar-refractivity contribution in [1.29, 1.82) is 0 Å². The Bertz CT molecular complexity index is 278. The molecule has 1 N–H and O–H groups in total. The van der Waals surface area contributed by atoms with Crippen LogP contribution in [-0.4, -0.2) is 17.5 Å². The highest BCUT2D eigenvalue weighted by Gasteiger charge is 2.14. The van der Waals surface area contributed by atoms with Crippen LogP contribution in [0.4, 0.5) is 19.0 Å². The number of pyridine rings is 1. The number of aromatic nitrogens is 1. The Hall–Kier alpha value is -1.26. The minimum atomic E-state index is -2.50. The summed E-state index contributed by atoms with van der Waals surface area (Å²) in [6.07, 6.45) is -2.50. The van der Waals surface area contributed by atoms with Gasteiger partial charge in [-0.25, -0.2) is 13.8 Å². The molecule has 0 amide bonds. The number of hydrogen-bond donors (Lipinski definition) is 1. The summed E-state index contributed by atoms with van der Waals surface area (Å²) >= 11 is 0. The number of rotatable bonds is 3. The second kappa shape index (κ2) is 4.11. The van der Waals surface area contributed by atoms with E-state index < -0.39 is 18.4 Å². The molecule has 1 aromatic rings. The van der Waals surface area contributed by atoms with E-state index in [4.69, 9.17) is 0 Å². The molecule has 0 spiro atoms. The Balaban J connectivity index is 2.64. The van der Waals surface area contributed by atoms with Crippen LogP contribution in [0.3, 0.4) is 0 Å². The number of halogens is 3. The Labute approximate surface area is 73.8 Å². The molecule has 1 unspecified atom stereocenters. The molecule has 2 nitrogen and oxygen atoms in total. The fourth-order valence-electron chi connectivity index (χ4n) is 0.785. The van der Waals surface area contributed by atoms with Crippen molar-refractivity contribution in [2.75, 3.05) is 5.32 Å². The van der Waals surface area contributed by atoms with E-state index in [1.807, 2.05) is 0 Å². The maximum absolute atomic E-state index is 12.5. The standard InChI is InChI=1S/C8H9F3N2/c1-5(8(10)11)12-7-4-2-3-6(9)13-7/h2-5,8H,1H3,(H,12,13). The topological polar surface area (TPSA) is 24.9 Å². The fraction of sp³-hybridized carbons (Fsp3) is 0.375. The maximum atomic E-state index is 12.5. The van der Waals surface area contributed by atoms with Crippen molar-refractivity contribution in [1.82, 2.24) is 4.98 Å². The molecule has 1 aromatic heterocycles. The molecule has 0 fully saturated rings. The maximum Gasteiger partial charge on any atom is 0.258 e. The van der Waals surface area contributed by atoms with E-state index >= 15 is 0 Å². The second-order valence-electron chi connectivity index (χ2n) is 2.61. The molecule has 0 saturated heterocycles. The SMILES string of the molecule is CC(Nc1cccc(F)n1)C(F)F. The minimum Gasteiger partial charge on any atom is -0.362 e. The zero-order chi connectivity index (χ0) is 9.84. The molecule has 0 aliphatic rings. The zero-order valence-electron chi connectivity index (χ0n) is 6.97. The molecule has 72 valence electrons. The molecule has 0 radical (unpaired) electrons. The summed E-state index contributed by atoms with van der Waals surface area (Å²) in [5.74, 6) is -0.570. The van der Waals surface area contributed by atoms with Crippen LogP contribution < -0.4 is 5.32 Å². The Morgan fingerprint density at radius 1 is 1.38 bits per heavy atom. The number of nitrogens with one attached hydrogen (secondary N) is 1. The van der Waals surface area contributed by atoms with Gasteiger partial charge in [0.05, 0.1) is 6.04 Å². The lowest BCUT2D eigenvalue weighted by atomic mass is 10.3. The van der Waals surface area contributed by atoms with Crippen LogP contribution in [0.15, 0.2) is 18.2 Å². The highest BCUT2D eigenvalue weighted by molar-refractivity contribution is 5.34. The molecule has 0 bridgehead atoms. The van der Waals surface area contributed by atoms with E-state index in [2.05, 4.69) is 10.3 Å². The van der Waals surface area contributed by atoms with Gasteiger partial charge in [0.2, 0.25) is 5.95 Å². The van der Waals surface area contributed by atoms with E-state index in [0.29, 0.717) is 0 Å². The lowest BCUT2D eigenvalue weighted by Crippen LogP contribution is -2.24. The van der Waals surface area contributed by atoms with Gasteiger partial charge in [-0.1, -0.05) is 6.07 Å². The second-order valence-corrected chi connectivity index (χ2v) is 2.61. The summed E-state index contributed by atoms with van der Waals surface area (Å²) in [6.45, 7) is 1.30. The summed E-state index contributed by atoms with van der Waals surface area (Å²) in [6, 6.07) is 2.96. The molecular weight excluding hydrogens is 181 g/mol. The number of nitrogens with zero attached hydrogens (tertiary/aromatic N) is 1. The predicted molar refractivity (Wildman–Crippen MR) is 43.3 cm³/mol. The van der Waals surface area contributed by atoms with Gasteiger partial charge in [-0.2, -0.15) is 4.39 Å². The first-order valence-corrected chi connectivity index (χ1v) is 3.77. The number of anilines is 1. The van der Waals surface area contributed by atoms with E-state index in [1.54, 1.807) is 0 Å². The molecule has 0 aliphatic carbocycles. The average molecular weight is 190 g/mol. The van der Waals surface area contributed by atoms with Gasteiger partial charge < -0.3 is 5.32 Å². The molecular formula is C8H9F3N2. The lowest BCUT2D eigenvalue weighted by molar-refractivity contribution is 0.130. The Morgan fingerprint density at radius 2 is 2.08 bits per heavy atom. The molecule has 5 heteroatoms. The lowest BCUT2D eigenvalue weighted by Gasteiger charge is -2.12. The molecule has 1 rings (SSSR count).